The van der Waals surface area contributed by atoms with Crippen LogP contribution in [0.4, 0.5) is 4.79 Å². The molecule has 0 aromatic heterocycles. The van der Waals surface area contributed by atoms with E-state index in [2.05, 4.69) is 5.32 Å². The molecule has 0 saturated heterocycles. The number of nitrogens with zero attached hydrogens (tertiary/aromatic N) is 1. The highest BCUT2D eigenvalue weighted by atomic mass is 16.5. The average molecular weight is 332 g/mol. The number of carbonyl (C=O) groups is 1. The number of urea groups is 1. The molecule has 24 heavy (non-hydrogen) atoms. The van der Waals surface area contributed by atoms with Gasteiger partial charge in [0.1, 0.15) is 5.75 Å². The number of rotatable bonds is 5. The summed E-state index contributed by atoms with van der Waals surface area (Å²) in [4.78, 5) is 14.5. The van der Waals surface area contributed by atoms with Crippen LogP contribution in [0.15, 0.2) is 24.3 Å². The van der Waals surface area contributed by atoms with E-state index in [4.69, 9.17) is 4.74 Å². The van der Waals surface area contributed by atoms with E-state index < -0.39 is 0 Å². The number of phenols is 1. The van der Waals surface area contributed by atoms with Crippen LogP contribution < -0.4 is 5.32 Å². The van der Waals surface area contributed by atoms with Crippen LogP contribution in [0, 0.1) is 5.41 Å². The van der Waals surface area contributed by atoms with E-state index in [0.29, 0.717) is 6.10 Å². The molecule has 2 aliphatic carbocycles. The molecule has 0 radical (unpaired) electrons. The molecule has 0 heterocycles. The lowest BCUT2D eigenvalue weighted by Gasteiger charge is -2.63. The van der Waals surface area contributed by atoms with Crippen molar-refractivity contribution in [2.45, 2.75) is 57.7 Å². The van der Waals surface area contributed by atoms with Crippen molar-refractivity contribution >= 4 is 6.03 Å². The standard InChI is InChI=1S/C19H28N2O3/c1-4-24-17-12-16(19(17)9-6-10-19)21(3)18(23)20-13(2)14-7-5-8-15(22)11-14/h5,7-8,11,13,16-17,22H,4,6,9-10,12H2,1-3H3,(H,20,23)/t13-,16?,17?/m1/s1. The van der Waals surface area contributed by atoms with Crippen molar-refractivity contribution < 1.29 is 14.6 Å². The van der Waals surface area contributed by atoms with Gasteiger partial charge in [-0.2, -0.15) is 0 Å². The minimum atomic E-state index is -0.146. The molecule has 2 N–H and O–H groups in total. The van der Waals surface area contributed by atoms with E-state index in [1.807, 2.05) is 31.9 Å². The minimum absolute atomic E-state index is 0.0583. The first-order valence-corrected chi connectivity index (χ1v) is 8.92. The Kier molecular flexibility index (Phi) is 4.72. The normalized spacial score (nSPS) is 25.5. The first-order chi connectivity index (χ1) is 11.5. The molecular formula is C19H28N2O3. The van der Waals surface area contributed by atoms with E-state index in [1.54, 1.807) is 18.2 Å². The summed E-state index contributed by atoms with van der Waals surface area (Å²) in [5.74, 6) is 0.217. The Morgan fingerprint density at radius 3 is 2.83 bits per heavy atom. The van der Waals surface area contributed by atoms with E-state index in [1.165, 1.54) is 6.42 Å². The van der Waals surface area contributed by atoms with Gasteiger partial charge in [-0.05, 0) is 50.8 Å². The van der Waals surface area contributed by atoms with Gasteiger partial charge < -0.3 is 20.1 Å². The molecule has 3 rings (SSSR count). The third kappa shape index (κ3) is 2.86. The zero-order valence-corrected chi connectivity index (χ0v) is 14.8. The van der Waals surface area contributed by atoms with Crippen molar-refractivity contribution in [1.82, 2.24) is 10.2 Å². The number of phenolic OH excluding ortho intramolecular Hbond substituents is 1. The predicted octanol–water partition coefficient (Wildman–Crippen LogP) is 3.44. The molecule has 2 amide bonds. The van der Waals surface area contributed by atoms with Gasteiger partial charge in [0.25, 0.3) is 0 Å². The molecule has 132 valence electrons. The largest absolute Gasteiger partial charge is 0.508 e. The number of carbonyl (C=O) groups excluding carboxylic acids is 1. The SMILES string of the molecule is CCOC1CC(N(C)C(=O)N[C@H](C)c2cccc(O)c2)C12CCC2. The maximum atomic E-state index is 12.6. The summed E-state index contributed by atoms with van der Waals surface area (Å²) in [6, 6.07) is 7.08. The predicted molar refractivity (Wildman–Crippen MR) is 92.9 cm³/mol. The number of hydrogen-bond donors (Lipinski definition) is 2. The van der Waals surface area contributed by atoms with E-state index in [-0.39, 0.29) is 29.3 Å². The quantitative estimate of drug-likeness (QED) is 0.868. The number of amides is 2. The van der Waals surface area contributed by atoms with Crippen LogP contribution in [0.3, 0.4) is 0 Å². The molecule has 1 aromatic rings. The van der Waals surface area contributed by atoms with Crippen LogP contribution in [-0.4, -0.2) is 41.8 Å². The second-order valence-electron chi connectivity index (χ2n) is 7.16. The molecule has 5 nitrogen and oxygen atoms in total. The maximum Gasteiger partial charge on any atom is 0.317 e. The van der Waals surface area contributed by atoms with Gasteiger partial charge in [-0.15, -0.1) is 0 Å². The van der Waals surface area contributed by atoms with Crippen LogP contribution >= 0.6 is 0 Å². The van der Waals surface area contributed by atoms with Gasteiger partial charge >= 0.3 is 6.03 Å². The topological polar surface area (TPSA) is 61.8 Å². The Morgan fingerprint density at radius 1 is 1.50 bits per heavy atom. The maximum absolute atomic E-state index is 12.6. The summed E-state index contributed by atoms with van der Waals surface area (Å²) in [7, 11) is 1.89. The number of hydrogen-bond acceptors (Lipinski definition) is 3. The summed E-state index contributed by atoms with van der Waals surface area (Å²) < 4.78 is 5.87. The van der Waals surface area contributed by atoms with Crippen molar-refractivity contribution in [3.8, 4) is 5.75 Å². The summed E-state index contributed by atoms with van der Waals surface area (Å²) in [5, 5.41) is 12.6. The van der Waals surface area contributed by atoms with Crippen LogP contribution in [0.25, 0.3) is 0 Å². The fourth-order valence-corrected chi connectivity index (χ4v) is 4.25. The highest BCUT2D eigenvalue weighted by Crippen LogP contribution is 2.58. The van der Waals surface area contributed by atoms with Gasteiger partial charge in [-0.25, -0.2) is 4.79 Å². The molecular weight excluding hydrogens is 304 g/mol. The third-order valence-corrected chi connectivity index (χ3v) is 5.89. The molecule has 2 saturated carbocycles. The van der Waals surface area contributed by atoms with E-state index in [9.17, 15) is 9.90 Å². The molecule has 2 unspecified atom stereocenters. The van der Waals surface area contributed by atoms with Crippen LogP contribution in [0.2, 0.25) is 0 Å². The van der Waals surface area contributed by atoms with Crippen LogP contribution in [0.5, 0.6) is 5.75 Å². The lowest BCUT2D eigenvalue weighted by atomic mass is 9.50. The van der Waals surface area contributed by atoms with Crippen molar-refractivity contribution in [2.24, 2.45) is 5.41 Å². The number of nitrogens with one attached hydrogen (secondary N) is 1. The van der Waals surface area contributed by atoms with Crippen molar-refractivity contribution in [3.05, 3.63) is 29.8 Å². The van der Waals surface area contributed by atoms with Crippen molar-refractivity contribution in [2.75, 3.05) is 13.7 Å². The summed E-state index contributed by atoms with van der Waals surface area (Å²) in [6.07, 6.45) is 4.78. The van der Waals surface area contributed by atoms with Crippen LogP contribution in [-0.2, 0) is 4.74 Å². The Balaban J connectivity index is 1.61. The van der Waals surface area contributed by atoms with Crippen LogP contribution in [0.1, 0.15) is 51.1 Å². The zero-order valence-electron chi connectivity index (χ0n) is 14.8. The number of benzene rings is 1. The van der Waals surface area contributed by atoms with Gasteiger partial charge in [0.15, 0.2) is 0 Å². The molecule has 0 aliphatic heterocycles. The Labute approximate surface area is 144 Å². The van der Waals surface area contributed by atoms with Gasteiger partial charge in [0, 0.05) is 25.1 Å². The first kappa shape index (κ1) is 17.1. The summed E-state index contributed by atoms with van der Waals surface area (Å²) in [6.45, 7) is 4.71. The fourth-order valence-electron chi connectivity index (χ4n) is 4.25. The monoisotopic (exact) mass is 332 g/mol. The summed E-state index contributed by atoms with van der Waals surface area (Å²) >= 11 is 0. The van der Waals surface area contributed by atoms with E-state index >= 15 is 0 Å². The fraction of sp³-hybridized carbons (Fsp3) is 0.632. The average Bonchev–Trinajstić information content (AvgIpc) is 2.48. The van der Waals surface area contributed by atoms with Gasteiger partial charge in [0.2, 0.25) is 0 Å². The van der Waals surface area contributed by atoms with Gasteiger partial charge in [-0.1, -0.05) is 18.6 Å². The number of aromatic hydroxyl groups is 1. The Hall–Kier alpha value is -1.75. The molecule has 5 heteroatoms. The van der Waals surface area contributed by atoms with Gasteiger partial charge in [0.05, 0.1) is 12.1 Å². The summed E-state index contributed by atoms with van der Waals surface area (Å²) in [5.41, 5.74) is 1.08. The van der Waals surface area contributed by atoms with Crippen molar-refractivity contribution in [1.29, 1.82) is 0 Å². The Morgan fingerprint density at radius 2 is 2.25 bits per heavy atom. The first-order valence-electron chi connectivity index (χ1n) is 8.92. The molecule has 3 atom stereocenters. The second kappa shape index (κ2) is 6.63. The zero-order chi connectivity index (χ0) is 17.3. The Bertz CT molecular complexity index is 600. The molecule has 0 bridgehead atoms. The van der Waals surface area contributed by atoms with Gasteiger partial charge in [-0.3, -0.25) is 0 Å². The van der Waals surface area contributed by atoms with Crippen molar-refractivity contribution in [3.63, 3.8) is 0 Å². The minimum Gasteiger partial charge on any atom is -0.508 e. The molecule has 1 spiro atoms. The lowest BCUT2D eigenvalue weighted by Crippen LogP contribution is -2.68. The lowest BCUT2D eigenvalue weighted by molar-refractivity contribution is -0.191. The van der Waals surface area contributed by atoms with E-state index in [0.717, 1.165) is 31.4 Å². The highest BCUT2D eigenvalue weighted by molar-refractivity contribution is 5.75. The smallest absolute Gasteiger partial charge is 0.317 e. The number of ether oxygens (including phenoxy) is 1. The third-order valence-electron chi connectivity index (χ3n) is 5.89. The molecule has 2 fully saturated rings. The second-order valence-corrected chi connectivity index (χ2v) is 7.16. The molecule has 2 aliphatic rings. The molecule has 1 aromatic carbocycles. The highest BCUT2D eigenvalue weighted by Gasteiger charge is 2.60.